The predicted molar refractivity (Wildman–Crippen MR) is 72.7 cm³/mol. The van der Waals surface area contributed by atoms with Crippen molar-refractivity contribution >= 4 is 0 Å². The molecule has 0 radical (unpaired) electrons. The van der Waals surface area contributed by atoms with Crippen molar-refractivity contribution in [3.05, 3.63) is 53.4 Å². The van der Waals surface area contributed by atoms with Gasteiger partial charge < -0.3 is 9.88 Å². The van der Waals surface area contributed by atoms with Crippen molar-refractivity contribution < 1.29 is 4.39 Å². The molecule has 1 aromatic heterocycles. The maximum Gasteiger partial charge on any atom is 0.123 e. The molecular weight excluding hydrogens is 241 g/mol. The molecule has 19 heavy (non-hydrogen) atoms. The third-order valence-corrected chi connectivity index (χ3v) is 3.77. The molecule has 100 valence electrons. The van der Waals surface area contributed by atoms with Gasteiger partial charge in [0, 0.05) is 30.9 Å². The topological polar surface area (TPSA) is 29.9 Å². The summed E-state index contributed by atoms with van der Waals surface area (Å²) in [6.07, 6.45) is 3.07. The minimum absolute atomic E-state index is 0.189. The van der Waals surface area contributed by atoms with Gasteiger partial charge in [0.15, 0.2) is 0 Å². The van der Waals surface area contributed by atoms with Gasteiger partial charge in [-0.3, -0.25) is 0 Å². The maximum atomic E-state index is 12.9. The van der Waals surface area contributed by atoms with Gasteiger partial charge in [0.05, 0.1) is 0 Å². The number of nitrogens with zero attached hydrogens (tertiary/aromatic N) is 2. The SMILES string of the molecule is Cc1cnc(C2CCNC2)n1Cc1ccc(F)cc1. The van der Waals surface area contributed by atoms with Gasteiger partial charge in [0.2, 0.25) is 0 Å². The first kappa shape index (κ1) is 12.4. The van der Waals surface area contributed by atoms with Crippen molar-refractivity contribution in [1.29, 1.82) is 0 Å². The van der Waals surface area contributed by atoms with Crippen LogP contribution in [0.2, 0.25) is 0 Å². The van der Waals surface area contributed by atoms with Crippen LogP contribution in [0.5, 0.6) is 0 Å². The molecule has 0 saturated carbocycles. The summed E-state index contributed by atoms with van der Waals surface area (Å²) in [6.45, 7) is 4.90. The van der Waals surface area contributed by atoms with E-state index >= 15 is 0 Å². The molecule has 0 amide bonds. The van der Waals surface area contributed by atoms with Crippen LogP contribution in [0.4, 0.5) is 4.39 Å². The van der Waals surface area contributed by atoms with Crippen molar-refractivity contribution in [3.63, 3.8) is 0 Å². The van der Waals surface area contributed by atoms with E-state index in [1.165, 1.54) is 12.1 Å². The number of hydrogen-bond donors (Lipinski definition) is 1. The van der Waals surface area contributed by atoms with E-state index in [1.807, 2.05) is 18.3 Å². The molecule has 0 spiro atoms. The third kappa shape index (κ3) is 2.54. The molecule has 0 bridgehead atoms. The van der Waals surface area contributed by atoms with E-state index in [0.29, 0.717) is 5.92 Å². The lowest BCUT2D eigenvalue weighted by molar-refractivity contribution is 0.616. The number of nitrogens with one attached hydrogen (secondary N) is 1. The quantitative estimate of drug-likeness (QED) is 0.917. The van der Waals surface area contributed by atoms with Crippen LogP contribution in [0, 0.1) is 12.7 Å². The molecule has 3 rings (SSSR count). The van der Waals surface area contributed by atoms with Crippen LogP contribution in [0.25, 0.3) is 0 Å². The first-order chi connectivity index (χ1) is 9.24. The smallest absolute Gasteiger partial charge is 0.123 e. The highest BCUT2D eigenvalue weighted by atomic mass is 19.1. The summed E-state index contributed by atoms with van der Waals surface area (Å²) in [4.78, 5) is 4.56. The van der Waals surface area contributed by atoms with E-state index in [4.69, 9.17) is 0 Å². The van der Waals surface area contributed by atoms with Gasteiger partial charge in [0.1, 0.15) is 11.6 Å². The van der Waals surface area contributed by atoms with E-state index in [0.717, 1.165) is 43.1 Å². The van der Waals surface area contributed by atoms with Gasteiger partial charge in [-0.15, -0.1) is 0 Å². The summed E-state index contributed by atoms with van der Waals surface area (Å²) in [5.74, 6) is 1.45. The molecule has 4 heteroatoms. The van der Waals surface area contributed by atoms with Crippen LogP contribution in [0.1, 0.15) is 29.4 Å². The van der Waals surface area contributed by atoms with Crippen molar-refractivity contribution in [3.8, 4) is 0 Å². The first-order valence-electron chi connectivity index (χ1n) is 6.71. The lowest BCUT2D eigenvalue weighted by Gasteiger charge is -2.14. The Balaban J connectivity index is 1.87. The molecule has 1 aromatic carbocycles. The fourth-order valence-electron chi connectivity index (χ4n) is 2.66. The largest absolute Gasteiger partial charge is 0.328 e. The summed E-state index contributed by atoms with van der Waals surface area (Å²) in [5.41, 5.74) is 2.26. The standard InChI is InChI=1S/C15H18FN3/c1-11-8-18-15(13-6-7-17-9-13)19(11)10-12-2-4-14(16)5-3-12/h2-5,8,13,17H,6-7,9-10H2,1H3. The molecule has 1 fully saturated rings. The molecular formula is C15H18FN3. The molecule has 1 saturated heterocycles. The molecule has 2 heterocycles. The van der Waals surface area contributed by atoms with Crippen LogP contribution >= 0.6 is 0 Å². The van der Waals surface area contributed by atoms with E-state index in [2.05, 4.69) is 21.8 Å². The number of aryl methyl sites for hydroxylation is 1. The zero-order valence-corrected chi connectivity index (χ0v) is 11.1. The summed E-state index contributed by atoms with van der Waals surface area (Å²) >= 11 is 0. The maximum absolute atomic E-state index is 12.9. The van der Waals surface area contributed by atoms with Crippen LogP contribution in [-0.4, -0.2) is 22.6 Å². The second-order valence-corrected chi connectivity index (χ2v) is 5.16. The number of aromatic nitrogens is 2. The molecule has 1 aliphatic rings. The fraction of sp³-hybridized carbons (Fsp3) is 0.400. The first-order valence-corrected chi connectivity index (χ1v) is 6.71. The van der Waals surface area contributed by atoms with Crippen LogP contribution in [-0.2, 0) is 6.54 Å². The van der Waals surface area contributed by atoms with Gasteiger partial charge >= 0.3 is 0 Å². The molecule has 1 unspecified atom stereocenters. The number of rotatable bonds is 3. The Morgan fingerprint density at radius 2 is 2.16 bits per heavy atom. The lowest BCUT2D eigenvalue weighted by Crippen LogP contribution is -2.14. The average molecular weight is 259 g/mol. The summed E-state index contributed by atoms with van der Waals surface area (Å²) in [5, 5.41) is 3.38. The Bertz CT molecular complexity index is 553. The lowest BCUT2D eigenvalue weighted by atomic mass is 10.1. The van der Waals surface area contributed by atoms with Gasteiger partial charge in [-0.25, -0.2) is 9.37 Å². The Hall–Kier alpha value is -1.68. The summed E-state index contributed by atoms with van der Waals surface area (Å²) in [6, 6.07) is 6.70. The highest BCUT2D eigenvalue weighted by Crippen LogP contribution is 2.23. The zero-order chi connectivity index (χ0) is 13.2. The van der Waals surface area contributed by atoms with Gasteiger partial charge in [0.25, 0.3) is 0 Å². The molecule has 0 aliphatic carbocycles. The molecule has 1 aliphatic heterocycles. The fourth-order valence-corrected chi connectivity index (χ4v) is 2.66. The Morgan fingerprint density at radius 3 is 2.84 bits per heavy atom. The Kier molecular flexibility index (Phi) is 3.34. The van der Waals surface area contributed by atoms with Crippen molar-refractivity contribution in [2.45, 2.75) is 25.8 Å². The number of halogens is 1. The van der Waals surface area contributed by atoms with Gasteiger partial charge in [-0.2, -0.15) is 0 Å². The number of hydrogen-bond acceptors (Lipinski definition) is 2. The Labute approximate surface area is 112 Å². The van der Waals surface area contributed by atoms with E-state index in [9.17, 15) is 4.39 Å². The van der Waals surface area contributed by atoms with Crippen molar-refractivity contribution in [2.75, 3.05) is 13.1 Å². The normalized spacial score (nSPS) is 18.9. The number of imidazole rings is 1. The second kappa shape index (κ2) is 5.13. The van der Waals surface area contributed by atoms with Gasteiger partial charge in [-0.1, -0.05) is 12.1 Å². The van der Waals surface area contributed by atoms with E-state index < -0.39 is 0 Å². The van der Waals surface area contributed by atoms with Crippen LogP contribution in [0.15, 0.2) is 30.5 Å². The molecule has 1 N–H and O–H groups in total. The van der Waals surface area contributed by atoms with Gasteiger partial charge in [-0.05, 0) is 37.6 Å². The van der Waals surface area contributed by atoms with E-state index in [-0.39, 0.29) is 5.82 Å². The molecule has 2 aromatic rings. The van der Waals surface area contributed by atoms with E-state index in [1.54, 1.807) is 0 Å². The highest BCUT2D eigenvalue weighted by molar-refractivity contribution is 5.19. The predicted octanol–water partition coefficient (Wildman–Crippen LogP) is 2.46. The second-order valence-electron chi connectivity index (χ2n) is 5.16. The van der Waals surface area contributed by atoms with Crippen LogP contribution < -0.4 is 5.32 Å². The average Bonchev–Trinajstić information content (AvgIpc) is 3.03. The van der Waals surface area contributed by atoms with Crippen LogP contribution in [0.3, 0.4) is 0 Å². The number of benzene rings is 1. The summed E-state index contributed by atoms with van der Waals surface area (Å²) in [7, 11) is 0. The molecule has 3 nitrogen and oxygen atoms in total. The summed E-state index contributed by atoms with van der Waals surface area (Å²) < 4.78 is 15.2. The van der Waals surface area contributed by atoms with Crippen molar-refractivity contribution in [2.24, 2.45) is 0 Å². The monoisotopic (exact) mass is 259 g/mol. The Morgan fingerprint density at radius 1 is 1.37 bits per heavy atom. The highest BCUT2D eigenvalue weighted by Gasteiger charge is 2.22. The minimum atomic E-state index is -0.189. The zero-order valence-electron chi connectivity index (χ0n) is 11.1. The molecule has 1 atom stereocenters. The van der Waals surface area contributed by atoms with Crippen molar-refractivity contribution in [1.82, 2.24) is 14.9 Å². The minimum Gasteiger partial charge on any atom is -0.328 e. The third-order valence-electron chi connectivity index (χ3n) is 3.77.